The molecule has 3 N–H and O–H groups in total. The van der Waals surface area contributed by atoms with Crippen LogP contribution in [-0.2, 0) is 6.42 Å². The van der Waals surface area contributed by atoms with Crippen molar-refractivity contribution in [2.75, 3.05) is 6.54 Å². The smallest absolute Gasteiger partial charge is 0.124 e. The van der Waals surface area contributed by atoms with Gasteiger partial charge in [0.15, 0.2) is 0 Å². The van der Waals surface area contributed by atoms with E-state index in [0.717, 1.165) is 25.2 Å². The number of hydrogen-bond acceptors (Lipinski definition) is 3. The largest absolute Gasteiger partial charge is 0.311 e. The lowest BCUT2D eigenvalue weighted by Gasteiger charge is -2.11. The number of nitrogens with one attached hydrogen (secondary N) is 1. The van der Waals surface area contributed by atoms with E-state index in [-0.39, 0.29) is 0 Å². The second kappa shape index (κ2) is 5.37. The Hall–Kier alpha value is -1.00. The summed E-state index contributed by atoms with van der Waals surface area (Å²) in [6, 6.07) is 8.50. The lowest BCUT2D eigenvalue weighted by Crippen LogP contribution is -2.38. The van der Waals surface area contributed by atoms with Crippen molar-refractivity contribution >= 4 is 17.6 Å². The Bertz CT molecular complexity index is 365. The monoisotopic (exact) mass is 235 g/mol. The SMILES string of the molecule is CCCN=C(NN)C1Cc2ccccc2S1. The highest BCUT2D eigenvalue weighted by Crippen LogP contribution is 2.36. The van der Waals surface area contributed by atoms with E-state index >= 15 is 0 Å². The Balaban J connectivity index is 2.09. The summed E-state index contributed by atoms with van der Waals surface area (Å²) in [5.74, 6) is 6.45. The molecule has 1 atom stereocenters. The second-order valence-corrected chi connectivity index (χ2v) is 5.07. The molecule has 0 saturated carbocycles. The summed E-state index contributed by atoms with van der Waals surface area (Å²) in [6.07, 6.45) is 2.07. The molecule has 0 saturated heterocycles. The van der Waals surface area contributed by atoms with Crippen molar-refractivity contribution in [1.82, 2.24) is 5.43 Å². The number of hydrogen-bond donors (Lipinski definition) is 2. The minimum atomic E-state index is 0.356. The molecule has 0 bridgehead atoms. The Labute approximate surface area is 100 Å². The molecule has 1 aromatic carbocycles. The van der Waals surface area contributed by atoms with E-state index in [2.05, 4.69) is 41.6 Å². The van der Waals surface area contributed by atoms with E-state index in [1.54, 1.807) is 0 Å². The van der Waals surface area contributed by atoms with Crippen LogP contribution in [0.4, 0.5) is 0 Å². The van der Waals surface area contributed by atoms with Crippen LogP contribution in [0.2, 0.25) is 0 Å². The first kappa shape index (κ1) is 11.5. The average molecular weight is 235 g/mol. The van der Waals surface area contributed by atoms with Gasteiger partial charge in [0.25, 0.3) is 0 Å². The quantitative estimate of drug-likeness (QED) is 0.364. The predicted molar refractivity (Wildman–Crippen MR) is 69.7 cm³/mol. The molecular formula is C12H17N3S. The number of fused-ring (bicyclic) bond motifs is 1. The minimum absolute atomic E-state index is 0.356. The molecule has 1 unspecified atom stereocenters. The number of amidine groups is 1. The molecule has 3 nitrogen and oxygen atoms in total. The third-order valence-electron chi connectivity index (χ3n) is 2.61. The molecule has 2 rings (SSSR count). The van der Waals surface area contributed by atoms with Gasteiger partial charge in [-0.2, -0.15) is 0 Å². The van der Waals surface area contributed by atoms with Crippen molar-refractivity contribution in [1.29, 1.82) is 0 Å². The molecule has 0 radical (unpaired) electrons. The van der Waals surface area contributed by atoms with Crippen LogP contribution >= 0.6 is 11.8 Å². The van der Waals surface area contributed by atoms with Gasteiger partial charge in [-0.05, 0) is 24.5 Å². The van der Waals surface area contributed by atoms with Crippen LogP contribution in [0.3, 0.4) is 0 Å². The van der Waals surface area contributed by atoms with E-state index in [9.17, 15) is 0 Å². The maximum absolute atomic E-state index is 5.53. The highest BCUT2D eigenvalue weighted by atomic mass is 32.2. The highest BCUT2D eigenvalue weighted by molar-refractivity contribution is 8.01. The number of nitrogens with two attached hydrogens (primary N) is 1. The Kier molecular flexibility index (Phi) is 3.85. The molecule has 86 valence electrons. The van der Waals surface area contributed by atoms with Gasteiger partial charge in [0.2, 0.25) is 0 Å². The maximum Gasteiger partial charge on any atom is 0.124 e. The zero-order valence-electron chi connectivity index (χ0n) is 9.44. The van der Waals surface area contributed by atoms with Gasteiger partial charge in [-0.1, -0.05) is 25.1 Å². The molecule has 16 heavy (non-hydrogen) atoms. The molecule has 0 aromatic heterocycles. The van der Waals surface area contributed by atoms with Crippen molar-refractivity contribution < 1.29 is 0 Å². The molecule has 0 spiro atoms. The van der Waals surface area contributed by atoms with Gasteiger partial charge in [0.1, 0.15) is 5.84 Å². The van der Waals surface area contributed by atoms with Gasteiger partial charge in [-0.25, -0.2) is 5.84 Å². The maximum atomic E-state index is 5.53. The number of benzene rings is 1. The fourth-order valence-corrected chi connectivity index (χ4v) is 3.09. The zero-order chi connectivity index (χ0) is 11.4. The van der Waals surface area contributed by atoms with Gasteiger partial charge < -0.3 is 5.43 Å². The number of aliphatic imine (C=N–C) groups is 1. The van der Waals surface area contributed by atoms with E-state index < -0.39 is 0 Å². The van der Waals surface area contributed by atoms with Gasteiger partial charge in [0, 0.05) is 11.4 Å². The molecule has 1 heterocycles. The van der Waals surface area contributed by atoms with Crippen molar-refractivity contribution in [2.24, 2.45) is 10.8 Å². The van der Waals surface area contributed by atoms with Crippen LogP contribution in [0.5, 0.6) is 0 Å². The molecule has 1 aliphatic rings. The summed E-state index contributed by atoms with van der Waals surface area (Å²) < 4.78 is 0. The average Bonchev–Trinajstić information content (AvgIpc) is 2.73. The zero-order valence-corrected chi connectivity index (χ0v) is 10.3. The number of rotatable bonds is 3. The molecule has 1 aromatic rings. The minimum Gasteiger partial charge on any atom is -0.311 e. The van der Waals surface area contributed by atoms with Crippen molar-refractivity contribution in [3.8, 4) is 0 Å². The fourth-order valence-electron chi connectivity index (χ4n) is 1.81. The Morgan fingerprint density at radius 1 is 1.56 bits per heavy atom. The van der Waals surface area contributed by atoms with Crippen LogP contribution in [0.1, 0.15) is 18.9 Å². The summed E-state index contributed by atoms with van der Waals surface area (Å²) in [6.45, 7) is 2.96. The first-order valence-corrected chi connectivity index (χ1v) is 6.48. The number of nitrogens with zero attached hydrogens (tertiary/aromatic N) is 1. The number of hydrazine groups is 1. The molecule has 0 fully saturated rings. The van der Waals surface area contributed by atoms with Gasteiger partial charge in [-0.15, -0.1) is 11.8 Å². The van der Waals surface area contributed by atoms with E-state index in [1.165, 1.54) is 10.5 Å². The van der Waals surface area contributed by atoms with E-state index in [4.69, 9.17) is 5.84 Å². The fraction of sp³-hybridized carbons (Fsp3) is 0.417. The third kappa shape index (κ3) is 2.39. The van der Waals surface area contributed by atoms with Crippen molar-refractivity contribution in [3.63, 3.8) is 0 Å². The van der Waals surface area contributed by atoms with Crippen LogP contribution < -0.4 is 11.3 Å². The summed E-state index contributed by atoms with van der Waals surface area (Å²) in [5.41, 5.74) is 4.14. The molecule has 0 aliphatic carbocycles. The molecular weight excluding hydrogens is 218 g/mol. The second-order valence-electron chi connectivity index (χ2n) is 3.83. The predicted octanol–water partition coefficient (Wildman–Crippen LogP) is 1.98. The van der Waals surface area contributed by atoms with Gasteiger partial charge in [0.05, 0.1) is 5.25 Å². The van der Waals surface area contributed by atoms with Crippen LogP contribution in [0.15, 0.2) is 34.2 Å². The molecule has 4 heteroatoms. The van der Waals surface area contributed by atoms with E-state index in [0.29, 0.717) is 5.25 Å². The Morgan fingerprint density at radius 2 is 2.38 bits per heavy atom. The normalized spacial score (nSPS) is 19.6. The van der Waals surface area contributed by atoms with Gasteiger partial charge >= 0.3 is 0 Å². The lowest BCUT2D eigenvalue weighted by molar-refractivity contribution is 0.878. The molecule has 0 amide bonds. The topological polar surface area (TPSA) is 50.4 Å². The lowest BCUT2D eigenvalue weighted by atomic mass is 10.1. The van der Waals surface area contributed by atoms with Crippen LogP contribution in [0.25, 0.3) is 0 Å². The summed E-state index contributed by atoms with van der Waals surface area (Å²) in [5, 5.41) is 0.356. The first-order chi connectivity index (χ1) is 7.85. The van der Waals surface area contributed by atoms with Crippen LogP contribution in [-0.4, -0.2) is 17.6 Å². The number of thioether (sulfide) groups is 1. The van der Waals surface area contributed by atoms with E-state index in [1.807, 2.05) is 11.8 Å². The summed E-state index contributed by atoms with van der Waals surface area (Å²) >= 11 is 1.85. The summed E-state index contributed by atoms with van der Waals surface area (Å²) in [7, 11) is 0. The standard InChI is InChI=1S/C12H17N3S/c1-2-7-14-12(15-13)11-8-9-5-3-4-6-10(9)16-11/h3-6,11H,2,7-8,13H2,1H3,(H,14,15). The highest BCUT2D eigenvalue weighted by Gasteiger charge is 2.25. The first-order valence-electron chi connectivity index (χ1n) is 5.60. The third-order valence-corrected chi connectivity index (χ3v) is 3.93. The Morgan fingerprint density at radius 3 is 3.06 bits per heavy atom. The van der Waals surface area contributed by atoms with Gasteiger partial charge in [-0.3, -0.25) is 4.99 Å². The van der Waals surface area contributed by atoms with Crippen molar-refractivity contribution in [2.45, 2.75) is 29.9 Å². The van der Waals surface area contributed by atoms with Crippen LogP contribution in [0, 0.1) is 0 Å². The molecule has 1 aliphatic heterocycles. The summed E-state index contributed by atoms with van der Waals surface area (Å²) in [4.78, 5) is 5.84. The van der Waals surface area contributed by atoms with Crippen molar-refractivity contribution in [3.05, 3.63) is 29.8 Å².